The third-order valence-electron chi connectivity index (χ3n) is 4.60. The quantitative estimate of drug-likeness (QED) is 0.334. The molecule has 4 rings (SSSR count). The van der Waals surface area contributed by atoms with Gasteiger partial charge in [0.05, 0.1) is 12.0 Å². The van der Waals surface area contributed by atoms with Crippen LogP contribution < -0.4 is 20.1 Å². The predicted molar refractivity (Wildman–Crippen MR) is 128 cm³/mol. The Morgan fingerprint density at radius 1 is 0.853 bits per heavy atom. The Morgan fingerprint density at radius 2 is 1.56 bits per heavy atom. The monoisotopic (exact) mass is 480 g/mol. The Hall–Kier alpha value is -4.25. The summed E-state index contributed by atoms with van der Waals surface area (Å²) in [7, 11) is -2.67. The third kappa shape index (κ3) is 5.56. The van der Waals surface area contributed by atoms with Crippen molar-refractivity contribution in [2.24, 2.45) is 0 Å². The van der Waals surface area contributed by atoms with Gasteiger partial charge in [0.15, 0.2) is 11.6 Å². The Kier molecular flexibility index (Phi) is 6.55. The molecule has 0 radical (unpaired) electrons. The number of sulfonamides is 1. The third-order valence-corrected chi connectivity index (χ3v) is 5.98. The van der Waals surface area contributed by atoms with Crippen molar-refractivity contribution in [3.8, 4) is 5.75 Å². The van der Waals surface area contributed by atoms with E-state index in [1.54, 1.807) is 43.5 Å². The molecular formula is C23H21FN6O3S. The van der Waals surface area contributed by atoms with E-state index in [0.29, 0.717) is 34.7 Å². The Balaban J connectivity index is 1.46. The molecule has 0 atom stereocenters. The van der Waals surface area contributed by atoms with Gasteiger partial charge < -0.3 is 15.4 Å². The van der Waals surface area contributed by atoms with Crippen LogP contribution in [0.4, 0.5) is 33.2 Å². The van der Waals surface area contributed by atoms with Crippen LogP contribution in [-0.2, 0) is 10.0 Å². The first-order chi connectivity index (χ1) is 16.3. The van der Waals surface area contributed by atoms with Crippen molar-refractivity contribution in [2.45, 2.75) is 11.8 Å². The summed E-state index contributed by atoms with van der Waals surface area (Å²) in [6.07, 6.45) is 1.68. The Bertz CT molecular complexity index is 1400. The molecule has 2 aromatic heterocycles. The zero-order valence-corrected chi connectivity index (χ0v) is 19.1. The number of anilines is 5. The number of hydrogen-bond donors (Lipinski definition) is 3. The average molecular weight is 481 g/mol. The lowest BCUT2D eigenvalue weighted by Crippen LogP contribution is -2.13. The molecule has 3 N–H and O–H groups in total. The van der Waals surface area contributed by atoms with Crippen molar-refractivity contribution in [1.82, 2.24) is 15.0 Å². The van der Waals surface area contributed by atoms with E-state index in [4.69, 9.17) is 4.74 Å². The summed E-state index contributed by atoms with van der Waals surface area (Å²) in [5, 5.41) is 6.28. The second kappa shape index (κ2) is 9.71. The molecule has 0 saturated heterocycles. The van der Waals surface area contributed by atoms with E-state index in [1.165, 1.54) is 19.2 Å². The number of pyridine rings is 1. The van der Waals surface area contributed by atoms with Gasteiger partial charge >= 0.3 is 0 Å². The van der Waals surface area contributed by atoms with Crippen LogP contribution in [-0.4, -0.2) is 30.5 Å². The fourth-order valence-electron chi connectivity index (χ4n) is 3.06. The van der Waals surface area contributed by atoms with E-state index >= 15 is 0 Å². The normalized spacial score (nSPS) is 11.0. The number of halogens is 1. The maximum atomic E-state index is 13.9. The molecule has 2 heterocycles. The SMILES string of the molecule is COc1ccc(S(=O)(=O)Nc2ccc(Nc3cc(Nc4ccccn4)nc(C)n3)cc2)cc1F. The standard InChI is InChI=1S/C23H21FN6O3S/c1-15-26-22(14-23(27-15)29-21-5-3-4-12-25-21)28-16-6-8-17(9-7-16)30-34(31,32)18-10-11-20(33-2)19(24)13-18/h3-14,30H,1-2H3,(H2,25,26,27,28,29). The number of aryl methyl sites for hydroxylation is 1. The summed E-state index contributed by atoms with van der Waals surface area (Å²) in [5.41, 5.74) is 0.999. The van der Waals surface area contributed by atoms with Crippen LogP contribution in [0.1, 0.15) is 5.82 Å². The van der Waals surface area contributed by atoms with E-state index in [9.17, 15) is 12.8 Å². The largest absolute Gasteiger partial charge is 0.494 e. The molecule has 9 nitrogen and oxygen atoms in total. The summed E-state index contributed by atoms with van der Waals surface area (Å²) in [4.78, 5) is 12.7. The summed E-state index contributed by atoms with van der Waals surface area (Å²) >= 11 is 0. The van der Waals surface area contributed by atoms with Crippen molar-refractivity contribution in [3.05, 3.63) is 84.6 Å². The lowest BCUT2D eigenvalue weighted by atomic mass is 10.3. The number of nitrogens with one attached hydrogen (secondary N) is 3. The number of methoxy groups -OCH3 is 1. The van der Waals surface area contributed by atoms with Gasteiger partial charge in [-0.2, -0.15) is 0 Å². The molecule has 0 aliphatic carbocycles. The average Bonchev–Trinajstić information content (AvgIpc) is 2.80. The van der Waals surface area contributed by atoms with Crippen molar-refractivity contribution < 1.29 is 17.5 Å². The number of rotatable bonds is 8. The van der Waals surface area contributed by atoms with Crippen LogP contribution in [0.3, 0.4) is 0 Å². The fraction of sp³-hybridized carbons (Fsp3) is 0.0870. The van der Waals surface area contributed by atoms with Crippen LogP contribution in [0.5, 0.6) is 5.75 Å². The maximum absolute atomic E-state index is 13.9. The topological polar surface area (TPSA) is 118 Å². The van der Waals surface area contributed by atoms with Gasteiger partial charge in [-0.3, -0.25) is 4.72 Å². The highest BCUT2D eigenvalue weighted by molar-refractivity contribution is 7.92. The number of benzene rings is 2. The van der Waals surface area contributed by atoms with Crippen LogP contribution in [0.25, 0.3) is 0 Å². The van der Waals surface area contributed by atoms with Gasteiger partial charge in [-0.25, -0.2) is 27.8 Å². The molecule has 4 aromatic rings. The van der Waals surface area contributed by atoms with Crippen molar-refractivity contribution in [3.63, 3.8) is 0 Å². The highest BCUT2D eigenvalue weighted by atomic mass is 32.2. The lowest BCUT2D eigenvalue weighted by Gasteiger charge is -2.12. The molecule has 34 heavy (non-hydrogen) atoms. The first kappa shape index (κ1) is 22.9. The molecule has 0 fully saturated rings. The highest BCUT2D eigenvalue weighted by Gasteiger charge is 2.17. The minimum Gasteiger partial charge on any atom is -0.494 e. The van der Waals surface area contributed by atoms with Crippen LogP contribution in [0.2, 0.25) is 0 Å². The first-order valence-electron chi connectivity index (χ1n) is 10.1. The van der Waals surface area contributed by atoms with E-state index in [1.807, 2.05) is 18.2 Å². The first-order valence-corrected chi connectivity index (χ1v) is 11.6. The summed E-state index contributed by atoms with van der Waals surface area (Å²) < 4.78 is 46.4. The Morgan fingerprint density at radius 3 is 2.21 bits per heavy atom. The predicted octanol–water partition coefficient (Wildman–Crippen LogP) is 4.62. The molecule has 0 aliphatic rings. The second-order valence-corrected chi connectivity index (χ2v) is 8.81. The van der Waals surface area contributed by atoms with Gasteiger partial charge in [0.1, 0.15) is 23.3 Å². The van der Waals surface area contributed by atoms with Gasteiger partial charge in [-0.1, -0.05) is 6.07 Å². The second-order valence-electron chi connectivity index (χ2n) is 7.13. The highest BCUT2D eigenvalue weighted by Crippen LogP contribution is 2.24. The van der Waals surface area contributed by atoms with Crippen LogP contribution >= 0.6 is 0 Å². The van der Waals surface area contributed by atoms with E-state index in [2.05, 4.69) is 30.3 Å². The maximum Gasteiger partial charge on any atom is 0.262 e. The number of nitrogens with zero attached hydrogens (tertiary/aromatic N) is 3. The minimum atomic E-state index is -3.97. The molecule has 0 unspecified atom stereocenters. The fourth-order valence-corrected chi connectivity index (χ4v) is 4.13. The molecule has 0 saturated carbocycles. The van der Waals surface area contributed by atoms with Gasteiger partial charge in [-0.15, -0.1) is 0 Å². The summed E-state index contributed by atoms with van der Waals surface area (Å²) in [6, 6.07) is 17.2. The zero-order chi connectivity index (χ0) is 24.1. The molecule has 0 bridgehead atoms. The Labute approximate surface area is 196 Å². The van der Waals surface area contributed by atoms with Crippen molar-refractivity contribution >= 4 is 38.9 Å². The van der Waals surface area contributed by atoms with E-state index < -0.39 is 15.8 Å². The van der Waals surface area contributed by atoms with Gasteiger partial charge in [-0.05, 0) is 61.5 Å². The molecular weight excluding hydrogens is 459 g/mol. The number of hydrogen-bond acceptors (Lipinski definition) is 8. The van der Waals surface area contributed by atoms with Gasteiger partial charge in [0.25, 0.3) is 10.0 Å². The number of aromatic nitrogens is 3. The van der Waals surface area contributed by atoms with E-state index in [-0.39, 0.29) is 10.6 Å². The smallest absolute Gasteiger partial charge is 0.262 e. The van der Waals surface area contributed by atoms with Crippen LogP contribution in [0, 0.1) is 12.7 Å². The minimum absolute atomic E-state index is 0.0345. The van der Waals surface area contributed by atoms with Gasteiger partial charge in [0.2, 0.25) is 0 Å². The van der Waals surface area contributed by atoms with Crippen LogP contribution in [0.15, 0.2) is 77.8 Å². The van der Waals surface area contributed by atoms with Crippen molar-refractivity contribution in [1.29, 1.82) is 0 Å². The van der Waals surface area contributed by atoms with E-state index in [0.717, 1.165) is 6.07 Å². The molecule has 0 aliphatic heterocycles. The summed E-state index contributed by atoms with van der Waals surface area (Å²) in [6.45, 7) is 1.77. The molecule has 11 heteroatoms. The zero-order valence-electron chi connectivity index (χ0n) is 18.3. The van der Waals surface area contributed by atoms with Gasteiger partial charge in [0, 0.05) is 23.6 Å². The molecule has 0 spiro atoms. The molecule has 0 amide bonds. The van der Waals surface area contributed by atoms with Crippen molar-refractivity contribution in [2.75, 3.05) is 22.5 Å². The summed E-state index contributed by atoms with van der Waals surface area (Å²) in [5.74, 6) is 1.53. The number of ether oxygens (including phenoxy) is 1. The lowest BCUT2D eigenvalue weighted by molar-refractivity contribution is 0.385. The molecule has 2 aromatic carbocycles. The molecule has 174 valence electrons.